The van der Waals surface area contributed by atoms with E-state index in [4.69, 9.17) is 9.47 Å². The summed E-state index contributed by atoms with van der Waals surface area (Å²) < 4.78 is 41.4. The van der Waals surface area contributed by atoms with Crippen molar-refractivity contribution in [3.05, 3.63) is 28.7 Å². The summed E-state index contributed by atoms with van der Waals surface area (Å²) >= 11 is 0. The van der Waals surface area contributed by atoms with Crippen LogP contribution in [0, 0.1) is 0 Å². The van der Waals surface area contributed by atoms with Crippen molar-refractivity contribution in [2.45, 2.75) is 30.3 Å². The Morgan fingerprint density at radius 1 is 1.27 bits per heavy atom. The van der Waals surface area contributed by atoms with Gasteiger partial charge in [0.05, 0.1) is 28.6 Å². The van der Waals surface area contributed by atoms with E-state index in [0.717, 1.165) is 19.4 Å². The number of aryl methyl sites for hydroxylation is 2. The average Bonchev–Trinajstić information content (AvgIpc) is 3.22. The summed E-state index contributed by atoms with van der Waals surface area (Å²) in [7, 11) is -0.344. The predicted molar refractivity (Wildman–Crippen MR) is 97.8 cm³/mol. The SMILES string of the molecule is Cn1c(=O)n(C)c2cc(S(=O)(=O)NCCCOC[C@@H]3CCCO3)ccc21. The molecule has 2 aromatic rings. The molecule has 0 unspecified atom stereocenters. The van der Waals surface area contributed by atoms with Crippen LogP contribution >= 0.6 is 0 Å². The van der Waals surface area contributed by atoms with E-state index in [2.05, 4.69) is 4.72 Å². The molecule has 9 heteroatoms. The summed E-state index contributed by atoms with van der Waals surface area (Å²) in [4.78, 5) is 12.1. The third-order valence-electron chi connectivity index (χ3n) is 4.64. The maximum atomic E-state index is 12.5. The molecule has 26 heavy (non-hydrogen) atoms. The minimum atomic E-state index is -3.63. The molecule has 0 bridgehead atoms. The van der Waals surface area contributed by atoms with E-state index >= 15 is 0 Å². The van der Waals surface area contributed by atoms with Crippen molar-refractivity contribution in [1.29, 1.82) is 0 Å². The van der Waals surface area contributed by atoms with Crippen molar-refractivity contribution in [1.82, 2.24) is 13.9 Å². The minimum absolute atomic E-state index is 0.145. The third kappa shape index (κ3) is 4.01. The average molecular weight is 383 g/mol. The van der Waals surface area contributed by atoms with E-state index in [9.17, 15) is 13.2 Å². The lowest BCUT2D eigenvalue weighted by Gasteiger charge is -2.10. The number of rotatable bonds is 8. The largest absolute Gasteiger partial charge is 0.379 e. The zero-order valence-corrected chi connectivity index (χ0v) is 15.9. The summed E-state index contributed by atoms with van der Waals surface area (Å²) in [6, 6.07) is 4.68. The molecule has 3 rings (SSSR count). The fraction of sp³-hybridized carbons (Fsp3) is 0.588. The van der Waals surface area contributed by atoms with Crippen LogP contribution in [-0.4, -0.2) is 50.0 Å². The molecular weight excluding hydrogens is 358 g/mol. The molecule has 0 aliphatic carbocycles. The number of imidazole rings is 1. The van der Waals surface area contributed by atoms with E-state index in [1.165, 1.54) is 21.3 Å². The number of hydrogen-bond acceptors (Lipinski definition) is 5. The first-order valence-electron chi connectivity index (χ1n) is 8.74. The summed E-state index contributed by atoms with van der Waals surface area (Å²) in [5.74, 6) is 0. The maximum absolute atomic E-state index is 12.5. The number of aromatic nitrogens is 2. The molecule has 0 radical (unpaired) electrons. The van der Waals surface area contributed by atoms with Crippen molar-refractivity contribution in [2.75, 3.05) is 26.4 Å². The Morgan fingerprint density at radius 3 is 2.77 bits per heavy atom. The highest BCUT2D eigenvalue weighted by Crippen LogP contribution is 2.17. The quantitative estimate of drug-likeness (QED) is 0.679. The molecule has 0 spiro atoms. The van der Waals surface area contributed by atoms with Gasteiger partial charge in [-0.05, 0) is 37.5 Å². The van der Waals surface area contributed by atoms with Gasteiger partial charge in [-0.25, -0.2) is 17.9 Å². The van der Waals surface area contributed by atoms with Crippen LogP contribution < -0.4 is 10.4 Å². The molecule has 2 heterocycles. The van der Waals surface area contributed by atoms with Gasteiger partial charge in [-0.2, -0.15) is 0 Å². The summed E-state index contributed by atoms with van der Waals surface area (Å²) in [5, 5.41) is 0. The Hall–Kier alpha value is -1.68. The van der Waals surface area contributed by atoms with Crippen LogP contribution in [0.15, 0.2) is 27.9 Å². The van der Waals surface area contributed by atoms with Crippen LogP contribution in [0.25, 0.3) is 11.0 Å². The molecular formula is C17H25N3O5S. The number of ether oxygens (including phenoxy) is 2. The van der Waals surface area contributed by atoms with Gasteiger partial charge in [0.25, 0.3) is 0 Å². The Balaban J connectivity index is 1.55. The molecule has 1 aliphatic rings. The highest BCUT2D eigenvalue weighted by Gasteiger charge is 2.17. The van der Waals surface area contributed by atoms with Gasteiger partial charge in [-0.1, -0.05) is 0 Å². The lowest BCUT2D eigenvalue weighted by atomic mass is 10.2. The molecule has 0 saturated carbocycles. The lowest BCUT2D eigenvalue weighted by Crippen LogP contribution is -2.26. The number of fused-ring (bicyclic) bond motifs is 1. The zero-order valence-electron chi connectivity index (χ0n) is 15.1. The first-order valence-corrected chi connectivity index (χ1v) is 10.2. The second-order valence-electron chi connectivity index (χ2n) is 6.51. The van der Waals surface area contributed by atoms with E-state index in [1.807, 2.05) is 0 Å². The first kappa shape index (κ1) is 19.1. The summed E-state index contributed by atoms with van der Waals surface area (Å²) in [6.07, 6.45) is 2.86. The van der Waals surface area contributed by atoms with E-state index in [0.29, 0.717) is 37.2 Å². The topological polar surface area (TPSA) is 91.6 Å². The number of nitrogens with one attached hydrogen (secondary N) is 1. The van der Waals surface area contributed by atoms with Gasteiger partial charge in [0, 0.05) is 33.9 Å². The van der Waals surface area contributed by atoms with Crippen LogP contribution in [0.4, 0.5) is 0 Å². The Morgan fingerprint density at radius 2 is 2.04 bits per heavy atom. The van der Waals surface area contributed by atoms with Crippen LogP contribution in [0.2, 0.25) is 0 Å². The van der Waals surface area contributed by atoms with E-state index in [1.54, 1.807) is 20.2 Å². The van der Waals surface area contributed by atoms with Crippen LogP contribution in [0.3, 0.4) is 0 Å². The number of hydrogen-bond donors (Lipinski definition) is 1. The fourth-order valence-electron chi connectivity index (χ4n) is 3.11. The molecule has 1 N–H and O–H groups in total. The Kier molecular flexibility index (Phi) is 5.81. The van der Waals surface area contributed by atoms with E-state index in [-0.39, 0.29) is 16.7 Å². The minimum Gasteiger partial charge on any atom is -0.379 e. The van der Waals surface area contributed by atoms with Gasteiger partial charge in [-0.15, -0.1) is 0 Å². The second kappa shape index (κ2) is 7.91. The summed E-state index contributed by atoms with van der Waals surface area (Å²) in [6.45, 7) is 2.13. The van der Waals surface area contributed by atoms with Crippen LogP contribution in [-0.2, 0) is 33.6 Å². The van der Waals surface area contributed by atoms with Crippen molar-refractivity contribution in [3.8, 4) is 0 Å². The molecule has 1 fully saturated rings. The van der Waals surface area contributed by atoms with Crippen LogP contribution in [0.5, 0.6) is 0 Å². The normalized spacial score (nSPS) is 18.0. The van der Waals surface area contributed by atoms with Crippen molar-refractivity contribution in [2.24, 2.45) is 14.1 Å². The Labute approximate surface area is 152 Å². The smallest absolute Gasteiger partial charge is 0.328 e. The van der Waals surface area contributed by atoms with Gasteiger partial charge >= 0.3 is 5.69 Å². The van der Waals surface area contributed by atoms with Gasteiger partial charge in [0.2, 0.25) is 10.0 Å². The second-order valence-corrected chi connectivity index (χ2v) is 8.28. The molecule has 1 aliphatic heterocycles. The molecule has 1 aromatic carbocycles. The standard InChI is InChI=1S/C17H25N3O5S/c1-19-15-7-6-14(11-16(15)20(2)17(19)21)26(22,23)18-8-4-9-24-12-13-5-3-10-25-13/h6-7,11,13,18H,3-5,8-10,12H2,1-2H3/t13-/m0/s1. The predicted octanol–water partition coefficient (Wildman–Crippen LogP) is 0.741. The number of nitrogens with zero attached hydrogens (tertiary/aromatic N) is 2. The maximum Gasteiger partial charge on any atom is 0.328 e. The molecule has 1 aromatic heterocycles. The number of benzene rings is 1. The number of sulfonamides is 1. The zero-order chi connectivity index (χ0) is 18.7. The molecule has 1 atom stereocenters. The van der Waals surface area contributed by atoms with Gasteiger partial charge in [0.1, 0.15) is 0 Å². The van der Waals surface area contributed by atoms with Crippen molar-refractivity contribution < 1.29 is 17.9 Å². The first-order chi connectivity index (χ1) is 12.4. The van der Waals surface area contributed by atoms with Gasteiger partial charge < -0.3 is 9.47 Å². The highest BCUT2D eigenvalue weighted by molar-refractivity contribution is 7.89. The molecule has 144 valence electrons. The highest BCUT2D eigenvalue weighted by atomic mass is 32.2. The third-order valence-corrected chi connectivity index (χ3v) is 6.10. The van der Waals surface area contributed by atoms with Crippen molar-refractivity contribution >= 4 is 21.1 Å². The summed E-state index contributed by atoms with van der Waals surface area (Å²) in [5.41, 5.74) is 1.09. The lowest BCUT2D eigenvalue weighted by molar-refractivity contribution is 0.0169. The molecule has 1 saturated heterocycles. The molecule has 8 nitrogen and oxygen atoms in total. The van der Waals surface area contributed by atoms with Crippen LogP contribution in [0.1, 0.15) is 19.3 Å². The van der Waals surface area contributed by atoms with Gasteiger partial charge in [-0.3, -0.25) is 9.13 Å². The van der Waals surface area contributed by atoms with E-state index < -0.39 is 10.0 Å². The Bertz CT molecular complexity index is 926. The fourth-order valence-corrected chi connectivity index (χ4v) is 4.20. The monoisotopic (exact) mass is 383 g/mol. The molecule has 0 amide bonds. The van der Waals surface area contributed by atoms with Crippen molar-refractivity contribution in [3.63, 3.8) is 0 Å². The van der Waals surface area contributed by atoms with Gasteiger partial charge in [0.15, 0.2) is 0 Å².